The molecule has 138 valence electrons. The Morgan fingerprint density at radius 3 is 2.76 bits per heavy atom. The smallest absolute Gasteiger partial charge is 0.262 e. The zero-order chi connectivity index (χ0) is 17.9. The second-order valence-electron chi connectivity index (χ2n) is 7.30. The van der Waals surface area contributed by atoms with Crippen LogP contribution in [0.5, 0.6) is 0 Å². The summed E-state index contributed by atoms with van der Waals surface area (Å²) in [6.07, 6.45) is 3.31. The molecule has 2 unspecified atom stereocenters. The quantitative estimate of drug-likeness (QED) is 0.857. The van der Waals surface area contributed by atoms with E-state index in [1.54, 1.807) is 0 Å². The molecule has 4 nitrogen and oxygen atoms in total. The highest BCUT2D eigenvalue weighted by atomic mass is 19.3. The lowest BCUT2D eigenvalue weighted by atomic mass is 10.0. The van der Waals surface area contributed by atoms with Gasteiger partial charge < -0.3 is 5.32 Å². The van der Waals surface area contributed by atoms with Gasteiger partial charge in [-0.2, -0.15) is 0 Å². The van der Waals surface area contributed by atoms with Crippen molar-refractivity contribution in [2.45, 2.75) is 63.7 Å². The summed E-state index contributed by atoms with van der Waals surface area (Å²) in [4.78, 5) is 14.6. The van der Waals surface area contributed by atoms with Crippen LogP contribution >= 0.6 is 0 Å². The van der Waals surface area contributed by atoms with E-state index >= 15 is 0 Å². The largest absolute Gasteiger partial charge is 0.351 e. The molecule has 0 saturated carbocycles. The van der Waals surface area contributed by atoms with Crippen LogP contribution in [0.3, 0.4) is 0 Å². The number of alkyl halides is 2. The van der Waals surface area contributed by atoms with Gasteiger partial charge in [0.2, 0.25) is 5.91 Å². The van der Waals surface area contributed by atoms with E-state index in [4.69, 9.17) is 0 Å². The molecule has 6 heteroatoms. The number of hydrogen-bond acceptors (Lipinski definition) is 3. The zero-order valence-corrected chi connectivity index (χ0v) is 14.7. The third-order valence-corrected chi connectivity index (χ3v) is 5.31. The van der Waals surface area contributed by atoms with E-state index < -0.39 is 24.9 Å². The highest BCUT2D eigenvalue weighted by molar-refractivity contribution is 5.82. The van der Waals surface area contributed by atoms with Gasteiger partial charge in [-0.05, 0) is 37.4 Å². The lowest BCUT2D eigenvalue weighted by molar-refractivity contribution is -0.123. The predicted octanol–water partition coefficient (Wildman–Crippen LogP) is 2.67. The molecule has 2 atom stereocenters. The van der Waals surface area contributed by atoms with Crippen molar-refractivity contribution in [1.29, 1.82) is 0 Å². The molecule has 2 aliphatic rings. The van der Waals surface area contributed by atoms with Crippen LogP contribution in [0.1, 0.15) is 43.7 Å². The molecule has 25 heavy (non-hydrogen) atoms. The summed E-state index contributed by atoms with van der Waals surface area (Å²) < 4.78 is 26.5. The molecule has 0 aromatic heterocycles. The van der Waals surface area contributed by atoms with E-state index in [-0.39, 0.29) is 5.91 Å². The van der Waals surface area contributed by atoms with Gasteiger partial charge >= 0.3 is 0 Å². The Hall–Kier alpha value is -1.53. The van der Waals surface area contributed by atoms with Crippen molar-refractivity contribution < 1.29 is 13.6 Å². The van der Waals surface area contributed by atoms with E-state index in [9.17, 15) is 13.6 Å². The number of hydrogen-bond donors (Lipinski definition) is 2. The molecule has 2 fully saturated rings. The fourth-order valence-electron chi connectivity index (χ4n) is 3.70. The molecule has 2 N–H and O–H groups in total. The fourth-order valence-corrected chi connectivity index (χ4v) is 3.70. The highest BCUT2D eigenvalue weighted by Gasteiger charge is 2.42. The first-order valence-electron chi connectivity index (χ1n) is 9.14. The number of rotatable bonds is 5. The molecular weight excluding hydrogens is 324 g/mol. The first kappa shape index (κ1) is 18.3. The summed E-state index contributed by atoms with van der Waals surface area (Å²) in [6.45, 7) is 4.18. The number of piperidine rings is 1. The Morgan fingerprint density at radius 1 is 1.32 bits per heavy atom. The first-order valence-corrected chi connectivity index (χ1v) is 9.14. The summed E-state index contributed by atoms with van der Waals surface area (Å²) >= 11 is 0. The molecule has 0 spiro atoms. The Balaban J connectivity index is 1.58. The molecule has 2 saturated heterocycles. The molecule has 0 aliphatic carbocycles. The topological polar surface area (TPSA) is 44.4 Å². The van der Waals surface area contributed by atoms with Crippen LogP contribution in [-0.2, 0) is 17.9 Å². The number of nitrogens with zero attached hydrogens (tertiary/aromatic N) is 1. The van der Waals surface area contributed by atoms with Gasteiger partial charge in [-0.25, -0.2) is 8.78 Å². The van der Waals surface area contributed by atoms with Gasteiger partial charge in [-0.15, -0.1) is 0 Å². The van der Waals surface area contributed by atoms with Crippen molar-refractivity contribution in [3.05, 3.63) is 35.4 Å². The average Bonchev–Trinajstić information content (AvgIpc) is 2.96. The highest BCUT2D eigenvalue weighted by Crippen LogP contribution is 2.25. The predicted molar refractivity (Wildman–Crippen MR) is 93.4 cm³/mol. The van der Waals surface area contributed by atoms with Crippen LogP contribution in [0.2, 0.25) is 0 Å². The molecule has 1 aromatic rings. The summed E-state index contributed by atoms with van der Waals surface area (Å²) in [5.41, 5.74) is 2.25. The lowest BCUT2D eigenvalue weighted by Crippen LogP contribution is -2.40. The monoisotopic (exact) mass is 351 g/mol. The molecule has 3 rings (SSSR count). The van der Waals surface area contributed by atoms with Crippen molar-refractivity contribution in [2.24, 2.45) is 0 Å². The van der Waals surface area contributed by atoms with Gasteiger partial charge in [0.15, 0.2) is 0 Å². The average molecular weight is 351 g/mol. The normalized spacial score (nSPS) is 26.5. The van der Waals surface area contributed by atoms with Crippen molar-refractivity contribution in [3.63, 3.8) is 0 Å². The summed E-state index contributed by atoms with van der Waals surface area (Å²) in [7, 11) is 0. The van der Waals surface area contributed by atoms with Gasteiger partial charge in [-0.3, -0.25) is 15.0 Å². The van der Waals surface area contributed by atoms with Gasteiger partial charge in [0.05, 0.1) is 12.6 Å². The number of carbonyl (C=O) groups excluding carboxylic acids is 1. The maximum Gasteiger partial charge on any atom is 0.262 e. The Morgan fingerprint density at radius 2 is 2.08 bits per heavy atom. The SMILES string of the molecule is CC1CCCCN1Cc1ccccc1CNC(=O)C1CC(F)(F)CN1. The number of likely N-dealkylation sites (tertiary alicyclic amines) is 1. The van der Waals surface area contributed by atoms with Gasteiger partial charge in [0, 0.05) is 25.6 Å². The molecular formula is C19H27F2N3O. The van der Waals surface area contributed by atoms with E-state index in [2.05, 4.69) is 28.5 Å². The second-order valence-corrected chi connectivity index (χ2v) is 7.30. The molecule has 1 amide bonds. The standard InChI is InChI=1S/C19H27F2N3O/c1-14-6-4-5-9-24(14)12-16-8-3-2-7-15(16)11-22-18(25)17-10-19(20,21)13-23-17/h2-3,7-8,14,17,23H,4-6,9-13H2,1H3,(H,22,25). The van der Waals surface area contributed by atoms with Gasteiger partial charge in [0.25, 0.3) is 5.92 Å². The van der Waals surface area contributed by atoms with Crippen LogP contribution in [0, 0.1) is 0 Å². The molecule has 2 aliphatic heterocycles. The van der Waals surface area contributed by atoms with E-state index in [1.165, 1.54) is 24.8 Å². The van der Waals surface area contributed by atoms with Gasteiger partial charge in [-0.1, -0.05) is 30.7 Å². The minimum Gasteiger partial charge on any atom is -0.351 e. The Kier molecular flexibility index (Phi) is 5.69. The Labute approximate surface area is 148 Å². The number of halogens is 2. The summed E-state index contributed by atoms with van der Waals surface area (Å²) in [5.74, 6) is -3.14. The number of nitrogens with one attached hydrogen (secondary N) is 2. The number of benzene rings is 1. The minimum atomic E-state index is -2.79. The lowest BCUT2D eigenvalue weighted by Gasteiger charge is -2.33. The zero-order valence-electron chi connectivity index (χ0n) is 14.7. The van der Waals surface area contributed by atoms with Crippen molar-refractivity contribution in [2.75, 3.05) is 13.1 Å². The minimum absolute atomic E-state index is 0.349. The molecule has 0 bridgehead atoms. The summed E-state index contributed by atoms with van der Waals surface area (Å²) in [5, 5.41) is 5.41. The van der Waals surface area contributed by atoms with Crippen LogP contribution in [0.25, 0.3) is 0 Å². The number of carbonyl (C=O) groups is 1. The van der Waals surface area contributed by atoms with Crippen molar-refractivity contribution >= 4 is 5.91 Å². The van der Waals surface area contributed by atoms with Gasteiger partial charge in [0.1, 0.15) is 0 Å². The van der Waals surface area contributed by atoms with Crippen molar-refractivity contribution in [3.8, 4) is 0 Å². The third kappa shape index (κ3) is 4.76. The third-order valence-electron chi connectivity index (χ3n) is 5.31. The van der Waals surface area contributed by atoms with E-state index in [1.807, 2.05) is 18.2 Å². The number of amides is 1. The fraction of sp³-hybridized carbons (Fsp3) is 0.632. The van der Waals surface area contributed by atoms with Crippen LogP contribution in [-0.4, -0.2) is 41.9 Å². The maximum atomic E-state index is 13.2. The van der Waals surface area contributed by atoms with Crippen LogP contribution < -0.4 is 10.6 Å². The van der Waals surface area contributed by atoms with Crippen molar-refractivity contribution in [1.82, 2.24) is 15.5 Å². The molecule has 2 heterocycles. The first-order chi connectivity index (χ1) is 11.9. The van der Waals surface area contributed by atoms with E-state index in [0.717, 1.165) is 18.7 Å². The van der Waals surface area contributed by atoms with E-state index in [0.29, 0.717) is 12.6 Å². The second kappa shape index (κ2) is 7.79. The summed E-state index contributed by atoms with van der Waals surface area (Å²) in [6, 6.07) is 7.82. The Bertz CT molecular complexity index is 608. The van der Waals surface area contributed by atoms with Crippen LogP contribution in [0.15, 0.2) is 24.3 Å². The van der Waals surface area contributed by atoms with Crippen LogP contribution in [0.4, 0.5) is 8.78 Å². The molecule has 1 aromatic carbocycles. The maximum absolute atomic E-state index is 13.2. The molecule has 0 radical (unpaired) electrons.